The van der Waals surface area contributed by atoms with Crippen LogP contribution in [0.5, 0.6) is 0 Å². The van der Waals surface area contributed by atoms with Gasteiger partial charge in [-0.25, -0.2) is 0 Å². The quantitative estimate of drug-likeness (QED) is 0.438. The smallest absolute Gasteiger partial charge is 0.0129 e. The third-order valence-corrected chi connectivity index (χ3v) is 7.84. The Morgan fingerprint density at radius 3 is 2.07 bits per heavy atom. The SMILES string of the molecule is CCC(C)CC(C)C1(C)/C=C/C(C)C(C)/C=C/C(C)C2=CC(C)C(C)C=C21. The van der Waals surface area contributed by atoms with Gasteiger partial charge in [0.1, 0.15) is 0 Å². The Labute approximate surface area is 169 Å². The second kappa shape index (κ2) is 8.97. The summed E-state index contributed by atoms with van der Waals surface area (Å²) in [5, 5.41) is 0. The van der Waals surface area contributed by atoms with Crippen molar-refractivity contribution in [2.75, 3.05) is 0 Å². The van der Waals surface area contributed by atoms with Crippen LogP contribution in [0.3, 0.4) is 0 Å². The molecule has 8 unspecified atom stereocenters. The van der Waals surface area contributed by atoms with E-state index in [2.05, 4.69) is 98.8 Å². The normalized spacial score (nSPS) is 41.6. The number of hydrogen-bond acceptors (Lipinski definition) is 0. The van der Waals surface area contributed by atoms with Gasteiger partial charge in [-0.15, -0.1) is 0 Å². The van der Waals surface area contributed by atoms with E-state index < -0.39 is 0 Å². The zero-order valence-corrected chi connectivity index (χ0v) is 19.4. The highest BCUT2D eigenvalue weighted by molar-refractivity contribution is 5.46. The van der Waals surface area contributed by atoms with Crippen LogP contribution in [0.1, 0.15) is 75.2 Å². The van der Waals surface area contributed by atoms with E-state index in [1.807, 2.05) is 0 Å². The van der Waals surface area contributed by atoms with Crippen molar-refractivity contribution in [3.63, 3.8) is 0 Å². The van der Waals surface area contributed by atoms with Crippen LogP contribution >= 0.6 is 0 Å². The molecule has 0 fully saturated rings. The third kappa shape index (κ3) is 4.87. The van der Waals surface area contributed by atoms with Crippen LogP contribution in [-0.4, -0.2) is 0 Å². The Morgan fingerprint density at radius 2 is 1.44 bits per heavy atom. The largest absolute Gasteiger partial charge is 0.0845 e. The molecule has 0 saturated carbocycles. The molecule has 0 nitrogen and oxygen atoms in total. The zero-order chi connectivity index (χ0) is 20.4. The summed E-state index contributed by atoms with van der Waals surface area (Å²) in [5.74, 6) is 4.31. The Morgan fingerprint density at radius 1 is 0.852 bits per heavy atom. The summed E-state index contributed by atoms with van der Waals surface area (Å²) in [6.07, 6.45) is 17.7. The van der Waals surface area contributed by atoms with Gasteiger partial charge in [-0.05, 0) is 59.0 Å². The van der Waals surface area contributed by atoms with Gasteiger partial charge in [-0.1, -0.05) is 105 Å². The van der Waals surface area contributed by atoms with Gasteiger partial charge in [0, 0.05) is 5.41 Å². The van der Waals surface area contributed by atoms with Crippen molar-refractivity contribution in [3.8, 4) is 0 Å². The molecule has 0 aliphatic heterocycles. The van der Waals surface area contributed by atoms with Crippen LogP contribution in [0.4, 0.5) is 0 Å². The maximum absolute atomic E-state index is 2.61. The molecule has 0 aromatic rings. The molecule has 0 heterocycles. The van der Waals surface area contributed by atoms with Crippen LogP contribution < -0.4 is 0 Å². The van der Waals surface area contributed by atoms with E-state index in [9.17, 15) is 0 Å². The lowest BCUT2D eigenvalue weighted by molar-refractivity contribution is 0.265. The van der Waals surface area contributed by atoms with E-state index in [4.69, 9.17) is 0 Å². The number of allylic oxidation sites excluding steroid dienone is 8. The summed E-state index contributed by atoms with van der Waals surface area (Å²) >= 11 is 0. The van der Waals surface area contributed by atoms with Crippen LogP contribution in [-0.2, 0) is 0 Å². The van der Waals surface area contributed by atoms with Crippen molar-refractivity contribution in [1.82, 2.24) is 0 Å². The van der Waals surface area contributed by atoms with Gasteiger partial charge in [-0.2, -0.15) is 0 Å². The number of hydrogen-bond donors (Lipinski definition) is 0. The molecule has 0 amide bonds. The molecule has 0 bridgehead atoms. The van der Waals surface area contributed by atoms with Crippen LogP contribution in [0.25, 0.3) is 0 Å². The lowest BCUT2D eigenvalue weighted by atomic mass is 9.62. The fourth-order valence-electron chi connectivity index (χ4n) is 4.61. The van der Waals surface area contributed by atoms with Crippen LogP contribution in [0.2, 0.25) is 0 Å². The molecular weight excluding hydrogens is 324 g/mol. The Kier molecular flexibility index (Phi) is 7.40. The van der Waals surface area contributed by atoms with Crippen molar-refractivity contribution in [1.29, 1.82) is 0 Å². The van der Waals surface area contributed by atoms with E-state index >= 15 is 0 Å². The summed E-state index contributed by atoms with van der Waals surface area (Å²) in [5.41, 5.74) is 3.28. The molecule has 2 rings (SSSR count). The molecule has 0 heteroatoms. The molecule has 152 valence electrons. The van der Waals surface area contributed by atoms with E-state index in [0.717, 1.165) is 5.92 Å². The second-order valence-corrected chi connectivity index (χ2v) is 10.1. The Balaban J connectivity index is 2.58. The monoisotopic (exact) mass is 368 g/mol. The average molecular weight is 369 g/mol. The minimum Gasteiger partial charge on any atom is -0.0845 e. The molecule has 8 atom stereocenters. The minimum absolute atomic E-state index is 0.108. The van der Waals surface area contributed by atoms with Crippen molar-refractivity contribution in [3.05, 3.63) is 47.6 Å². The molecular formula is C27H44. The van der Waals surface area contributed by atoms with Gasteiger partial charge in [0.05, 0.1) is 0 Å². The number of rotatable bonds is 4. The van der Waals surface area contributed by atoms with Crippen molar-refractivity contribution in [2.45, 2.75) is 75.2 Å². The summed E-state index contributed by atoms with van der Waals surface area (Å²) in [6.45, 7) is 21.6. The van der Waals surface area contributed by atoms with Crippen molar-refractivity contribution >= 4 is 0 Å². The van der Waals surface area contributed by atoms with E-state index in [0.29, 0.717) is 35.5 Å². The molecule has 0 aromatic heterocycles. The van der Waals surface area contributed by atoms with Crippen LogP contribution in [0, 0.1) is 46.8 Å². The second-order valence-electron chi connectivity index (χ2n) is 10.1. The maximum Gasteiger partial charge on any atom is 0.0129 e. The fourth-order valence-corrected chi connectivity index (χ4v) is 4.61. The van der Waals surface area contributed by atoms with Gasteiger partial charge in [0.15, 0.2) is 0 Å². The predicted octanol–water partition coefficient (Wildman–Crippen LogP) is 8.24. The van der Waals surface area contributed by atoms with Crippen molar-refractivity contribution < 1.29 is 0 Å². The summed E-state index contributed by atoms with van der Waals surface area (Å²) < 4.78 is 0. The first kappa shape index (κ1) is 22.3. The highest BCUT2D eigenvalue weighted by atomic mass is 14.4. The van der Waals surface area contributed by atoms with Gasteiger partial charge in [0.25, 0.3) is 0 Å². The van der Waals surface area contributed by atoms with Gasteiger partial charge in [-0.3, -0.25) is 0 Å². The first-order chi connectivity index (χ1) is 12.6. The van der Waals surface area contributed by atoms with Crippen LogP contribution in [0.15, 0.2) is 47.6 Å². The number of fused-ring (bicyclic) bond motifs is 1. The zero-order valence-electron chi connectivity index (χ0n) is 19.4. The standard InChI is InChI=1S/C27H44/c1-10-18(2)15-24(8)27(9)14-13-20(4)19(3)11-12-21(5)25-16-22(6)23(7)17-26(25)27/h11-14,16-24H,10,15H2,1-9H3/b12-11+,14-13+. The Bertz CT molecular complexity index is 612. The molecule has 27 heavy (non-hydrogen) atoms. The first-order valence-electron chi connectivity index (χ1n) is 11.4. The third-order valence-electron chi connectivity index (χ3n) is 7.84. The van der Waals surface area contributed by atoms with E-state index in [-0.39, 0.29) is 5.41 Å². The van der Waals surface area contributed by atoms with E-state index in [1.165, 1.54) is 12.8 Å². The minimum atomic E-state index is 0.108. The van der Waals surface area contributed by atoms with E-state index in [1.54, 1.807) is 11.1 Å². The lowest BCUT2D eigenvalue weighted by Crippen LogP contribution is -2.32. The van der Waals surface area contributed by atoms with Gasteiger partial charge in [0.2, 0.25) is 0 Å². The highest BCUT2D eigenvalue weighted by Crippen LogP contribution is 2.49. The molecule has 0 spiro atoms. The molecule has 2 aliphatic rings. The molecule has 2 aliphatic carbocycles. The fraction of sp³-hybridized carbons (Fsp3) is 0.704. The molecule has 0 aromatic carbocycles. The topological polar surface area (TPSA) is 0 Å². The molecule has 0 saturated heterocycles. The highest BCUT2D eigenvalue weighted by Gasteiger charge is 2.38. The molecule has 0 radical (unpaired) electrons. The predicted molar refractivity (Wildman–Crippen MR) is 122 cm³/mol. The van der Waals surface area contributed by atoms with Gasteiger partial charge < -0.3 is 0 Å². The first-order valence-corrected chi connectivity index (χ1v) is 11.4. The lowest BCUT2D eigenvalue weighted by Gasteiger charge is -2.42. The van der Waals surface area contributed by atoms with Gasteiger partial charge >= 0.3 is 0 Å². The summed E-state index contributed by atoms with van der Waals surface area (Å²) in [4.78, 5) is 0. The molecule has 0 N–H and O–H groups in total. The summed E-state index contributed by atoms with van der Waals surface area (Å²) in [7, 11) is 0. The summed E-state index contributed by atoms with van der Waals surface area (Å²) in [6, 6.07) is 0. The van der Waals surface area contributed by atoms with Crippen molar-refractivity contribution in [2.24, 2.45) is 46.8 Å². The average Bonchev–Trinajstić information content (AvgIpc) is 2.64. The Hall–Kier alpha value is -1.04. The maximum atomic E-state index is 2.61.